The molecule has 0 fully saturated rings. The molecule has 0 radical (unpaired) electrons. The van der Waals surface area contributed by atoms with Crippen molar-refractivity contribution >= 4 is 11.7 Å². The molecule has 0 aliphatic rings. The van der Waals surface area contributed by atoms with E-state index >= 15 is 0 Å². The molecule has 0 spiro atoms. The minimum atomic E-state index is -0.322. The SMILES string of the molecule is Nc1nc(-c2cccnc2)ncc1C(=O)NCc1ccncc1. The van der Waals surface area contributed by atoms with Gasteiger partial charge in [0.2, 0.25) is 0 Å². The summed E-state index contributed by atoms with van der Waals surface area (Å²) in [5.74, 6) is 0.240. The van der Waals surface area contributed by atoms with Gasteiger partial charge in [0.05, 0.1) is 5.56 Å². The van der Waals surface area contributed by atoms with Crippen molar-refractivity contribution in [1.82, 2.24) is 25.3 Å². The second kappa shape index (κ2) is 6.61. The van der Waals surface area contributed by atoms with E-state index in [2.05, 4.69) is 25.3 Å². The highest BCUT2D eigenvalue weighted by Gasteiger charge is 2.13. The lowest BCUT2D eigenvalue weighted by Crippen LogP contribution is -2.24. The maximum atomic E-state index is 12.2. The molecule has 7 heteroatoms. The molecule has 0 unspecified atom stereocenters. The van der Waals surface area contributed by atoms with Crippen LogP contribution in [0.5, 0.6) is 0 Å². The highest BCUT2D eigenvalue weighted by molar-refractivity contribution is 5.98. The minimum Gasteiger partial charge on any atom is -0.383 e. The van der Waals surface area contributed by atoms with Gasteiger partial charge in [-0.3, -0.25) is 14.8 Å². The average molecular weight is 306 g/mol. The largest absolute Gasteiger partial charge is 0.383 e. The third-order valence-electron chi connectivity index (χ3n) is 3.19. The molecule has 3 aromatic heterocycles. The van der Waals surface area contributed by atoms with Gasteiger partial charge in [0.15, 0.2) is 5.82 Å². The monoisotopic (exact) mass is 306 g/mol. The number of carbonyl (C=O) groups excluding carboxylic acids is 1. The first-order chi connectivity index (χ1) is 11.2. The van der Waals surface area contributed by atoms with Crippen molar-refractivity contribution in [2.75, 3.05) is 5.73 Å². The number of nitrogens with two attached hydrogens (primary N) is 1. The number of rotatable bonds is 4. The van der Waals surface area contributed by atoms with Crippen LogP contribution in [0.4, 0.5) is 5.82 Å². The van der Waals surface area contributed by atoms with Crippen molar-refractivity contribution in [3.63, 3.8) is 0 Å². The molecule has 23 heavy (non-hydrogen) atoms. The zero-order chi connectivity index (χ0) is 16.1. The van der Waals surface area contributed by atoms with E-state index in [1.807, 2.05) is 18.2 Å². The summed E-state index contributed by atoms with van der Waals surface area (Å²) in [6.07, 6.45) is 8.06. The fourth-order valence-electron chi connectivity index (χ4n) is 1.98. The second-order valence-electron chi connectivity index (χ2n) is 4.77. The molecule has 0 bridgehead atoms. The van der Waals surface area contributed by atoms with Crippen molar-refractivity contribution in [2.45, 2.75) is 6.54 Å². The normalized spacial score (nSPS) is 10.3. The topological polar surface area (TPSA) is 107 Å². The summed E-state index contributed by atoms with van der Waals surface area (Å²) < 4.78 is 0. The summed E-state index contributed by atoms with van der Waals surface area (Å²) in [5, 5.41) is 2.78. The van der Waals surface area contributed by atoms with E-state index < -0.39 is 0 Å². The maximum absolute atomic E-state index is 12.2. The third kappa shape index (κ3) is 3.46. The van der Waals surface area contributed by atoms with Gasteiger partial charge in [0.25, 0.3) is 5.91 Å². The molecule has 3 rings (SSSR count). The van der Waals surface area contributed by atoms with Gasteiger partial charge in [0, 0.05) is 43.1 Å². The van der Waals surface area contributed by atoms with Crippen molar-refractivity contribution in [2.24, 2.45) is 0 Å². The van der Waals surface area contributed by atoms with Gasteiger partial charge in [-0.25, -0.2) is 9.97 Å². The van der Waals surface area contributed by atoms with Crippen molar-refractivity contribution < 1.29 is 4.79 Å². The molecule has 0 aliphatic heterocycles. The number of hydrogen-bond donors (Lipinski definition) is 2. The molecule has 1 amide bonds. The Hall–Kier alpha value is -3.35. The average Bonchev–Trinajstić information content (AvgIpc) is 2.61. The fourth-order valence-corrected chi connectivity index (χ4v) is 1.98. The van der Waals surface area contributed by atoms with Gasteiger partial charge in [-0.2, -0.15) is 0 Å². The van der Waals surface area contributed by atoms with Crippen molar-refractivity contribution in [3.05, 3.63) is 66.4 Å². The Morgan fingerprint density at radius 3 is 2.61 bits per heavy atom. The molecule has 0 saturated heterocycles. The molecule has 3 N–H and O–H groups in total. The van der Waals surface area contributed by atoms with Gasteiger partial charge < -0.3 is 11.1 Å². The quantitative estimate of drug-likeness (QED) is 0.755. The zero-order valence-electron chi connectivity index (χ0n) is 12.2. The number of pyridine rings is 2. The number of anilines is 1. The van der Waals surface area contributed by atoms with E-state index in [0.29, 0.717) is 12.4 Å². The van der Waals surface area contributed by atoms with E-state index in [1.54, 1.807) is 30.9 Å². The highest BCUT2D eigenvalue weighted by Crippen LogP contribution is 2.16. The number of nitrogens with zero attached hydrogens (tertiary/aromatic N) is 4. The summed E-state index contributed by atoms with van der Waals surface area (Å²) in [4.78, 5) is 28.5. The summed E-state index contributed by atoms with van der Waals surface area (Å²) in [7, 11) is 0. The zero-order valence-corrected chi connectivity index (χ0v) is 12.2. The molecule has 0 aliphatic carbocycles. The second-order valence-corrected chi connectivity index (χ2v) is 4.77. The first-order valence-corrected chi connectivity index (χ1v) is 6.94. The van der Waals surface area contributed by atoms with Crippen LogP contribution < -0.4 is 11.1 Å². The lowest BCUT2D eigenvalue weighted by Gasteiger charge is -2.08. The molecule has 0 aromatic carbocycles. The Morgan fingerprint density at radius 2 is 1.91 bits per heavy atom. The van der Waals surface area contributed by atoms with E-state index in [1.165, 1.54) is 6.20 Å². The molecule has 0 atom stereocenters. The van der Waals surface area contributed by atoms with Gasteiger partial charge in [0.1, 0.15) is 5.82 Å². The Labute approximate surface area is 132 Å². The van der Waals surface area contributed by atoms with Gasteiger partial charge in [-0.1, -0.05) is 0 Å². The minimum absolute atomic E-state index is 0.131. The number of nitrogen functional groups attached to an aromatic ring is 1. The summed E-state index contributed by atoms with van der Waals surface area (Å²) in [6.45, 7) is 0.380. The van der Waals surface area contributed by atoms with Crippen LogP contribution in [0.25, 0.3) is 11.4 Å². The Morgan fingerprint density at radius 1 is 1.09 bits per heavy atom. The van der Waals surface area contributed by atoms with E-state index in [9.17, 15) is 4.79 Å². The molecule has 114 valence electrons. The smallest absolute Gasteiger partial charge is 0.256 e. The Balaban J connectivity index is 1.74. The van der Waals surface area contributed by atoms with Gasteiger partial charge in [-0.05, 0) is 29.8 Å². The van der Waals surface area contributed by atoms with Crippen LogP contribution >= 0.6 is 0 Å². The van der Waals surface area contributed by atoms with Gasteiger partial charge in [-0.15, -0.1) is 0 Å². The van der Waals surface area contributed by atoms with Crippen LogP contribution in [0.15, 0.2) is 55.2 Å². The number of carbonyl (C=O) groups is 1. The van der Waals surface area contributed by atoms with E-state index in [-0.39, 0.29) is 17.3 Å². The first kappa shape index (κ1) is 14.6. The van der Waals surface area contributed by atoms with Crippen LogP contribution in [-0.4, -0.2) is 25.8 Å². The number of nitrogens with one attached hydrogen (secondary N) is 1. The predicted molar refractivity (Wildman–Crippen MR) is 85.1 cm³/mol. The molecule has 0 saturated carbocycles. The summed E-state index contributed by atoms with van der Waals surface area (Å²) in [6, 6.07) is 7.26. The van der Waals surface area contributed by atoms with Crippen molar-refractivity contribution in [1.29, 1.82) is 0 Å². The Bertz CT molecular complexity index is 807. The maximum Gasteiger partial charge on any atom is 0.256 e. The number of amides is 1. The third-order valence-corrected chi connectivity index (χ3v) is 3.19. The fraction of sp³-hybridized carbons (Fsp3) is 0.0625. The predicted octanol–water partition coefficient (Wildman–Crippen LogP) is 1.45. The standard InChI is InChI=1S/C16H14N6O/c17-14-13(16(23)21-8-11-3-6-18-7-4-11)10-20-15(22-14)12-2-1-5-19-9-12/h1-7,9-10H,8H2,(H,21,23)(H2,17,20,22). The van der Waals surface area contributed by atoms with Crippen LogP contribution in [0.2, 0.25) is 0 Å². The summed E-state index contributed by atoms with van der Waals surface area (Å²) in [5.41, 5.74) is 7.81. The van der Waals surface area contributed by atoms with Crippen LogP contribution in [0.1, 0.15) is 15.9 Å². The molecular weight excluding hydrogens is 292 g/mol. The highest BCUT2D eigenvalue weighted by atomic mass is 16.1. The lowest BCUT2D eigenvalue weighted by molar-refractivity contribution is 0.0951. The van der Waals surface area contributed by atoms with Crippen LogP contribution in [0.3, 0.4) is 0 Å². The Kier molecular flexibility index (Phi) is 4.19. The van der Waals surface area contributed by atoms with E-state index in [4.69, 9.17) is 5.73 Å². The summed E-state index contributed by atoms with van der Waals surface area (Å²) >= 11 is 0. The lowest BCUT2D eigenvalue weighted by atomic mass is 10.2. The molecular formula is C16H14N6O. The van der Waals surface area contributed by atoms with Gasteiger partial charge >= 0.3 is 0 Å². The first-order valence-electron chi connectivity index (χ1n) is 6.94. The van der Waals surface area contributed by atoms with E-state index in [0.717, 1.165) is 11.1 Å². The van der Waals surface area contributed by atoms with Crippen LogP contribution in [-0.2, 0) is 6.54 Å². The molecule has 7 nitrogen and oxygen atoms in total. The molecule has 3 aromatic rings. The number of hydrogen-bond acceptors (Lipinski definition) is 6. The molecule has 3 heterocycles. The number of aromatic nitrogens is 4. The van der Waals surface area contributed by atoms with Crippen LogP contribution in [0, 0.1) is 0 Å². The van der Waals surface area contributed by atoms with Crippen molar-refractivity contribution in [3.8, 4) is 11.4 Å².